The molecule has 0 spiro atoms. The zero-order chi connectivity index (χ0) is 20.6. The van der Waals surface area contributed by atoms with Crippen LogP contribution in [0.3, 0.4) is 0 Å². The summed E-state index contributed by atoms with van der Waals surface area (Å²) in [7, 11) is 1.76. The zero-order valence-corrected chi connectivity index (χ0v) is 17.5. The van der Waals surface area contributed by atoms with E-state index >= 15 is 0 Å². The van der Waals surface area contributed by atoms with Crippen molar-refractivity contribution in [2.45, 2.75) is 17.9 Å². The molecule has 0 aromatic heterocycles. The Morgan fingerprint density at radius 2 is 1.61 bits per heavy atom. The molecule has 2 aromatic carbocycles. The van der Waals surface area contributed by atoms with Crippen molar-refractivity contribution in [3.05, 3.63) is 53.6 Å². The Labute approximate surface area is 166 Å². The lowest BCUT2D eigenvalue weighted by atomic mass is 10.1. The van der Waals surface area contributed by atoms with Crippen LogP contribution in [-0.2, 0) is 22.8 Å². The van der Waals surface area contributed by atoms with Crippen molar-refractivity contribution in [2.75, 3.05) is 34.1 Å². The predicted octanol–water partition coefficient (Wildman–Crippen LogP) is 2.01. The van der Waals surface area contributed by atoms with Gasteiger partial charge in [0.1, 0.15) is 0 Å². The quantitative estimate of drug-likeness (QED) is 0.516. The molecule has 0 unspecified atom stereocenters. The SMILES string of the molecule is CN=C(NCCc1ccc(OC)c(OC)c1)NCc1ccc(S(C)(=O)=O)cc1. The van der Waals surface area contributed by atoms with Gasteiger partial charge >= 0.3 is 0 Å². The van der Waals surface area contributed by atoms with Crippen LogP contribution in [0.15, 0.2) is 52.4 Å². The normalized spacial score (nSPS) is 11.8. The highest BCUT2D eigenvalue weighted by Crippen LogP contribution is 2.27. The van der Waals surface area contributed by atoms with E-state index in [1.165, 1.54) is 6.26 Å². The molecule has 28 heavy (non-hydrogen) atoms. The number of methoxy groups -OCH3 is 2. The number of nitrogens with zero attached hydrogens (tertiary/aromatic N) is 1. The molecule has 2 N–H and O–H groups in total. The van der Waals surface area contributed by atoms with Crippen LogP contribution in [0.4, 0.5) is 0 Å². The van der Waals surface area contributed by atoms with Crippen molar-refractivity contribution in [1.82, 2.24) is 10.6 Å². The van der Waals surface area contributed by atoms with Crippen molar-refractivity contribution in [3.8, 4) is 11.5 Å². The number of guanidine groups is 1. The molecular weight excluding hydrogens is 378 g/mol. The van der Waals surface area contributed by atoms with E-state index in [0.717, 1.165) is 17.5 Å². The van der Waals surface area contributed by atoms with Crippen LogP contribution in [0.1, 0.15) is 11.1 Å². The van der Waals surface area contributed by atoms with Crippen LogP contribution in [0, 0.1) is 0 Å². The van der Waals surface area contributed by atoms with E-state index in [9.17, 15) is 8.42 Å². The van der Waals surface area contributed by atoms with Crippen LogP contribution in [0.2, 0.25) is 0 Å². The molecule has 7 nitrogen and oxygen atoms in total. The number of rotatable bonds is 8. The van der Waals surface area contributed by atoms with Gasteiger partial charge in [-0.05, 0) is 41.8 Å². The van der Waals surface area contributed by atoms with Crippen molar-refractivity contribution in [2.24, 2.45) is 4.99 Å². The molecule has 0 aliphatic carbocycles. The van der Waals surface area contributed by atoms with Crippen LogP contribution < -0.4 is 20.1 Å². The predicted molar refractivity (Wildman–Crippen MR) is 111 cm³/mol. The first kappa shape index (κ1) is 21.6. The van der Waals surface area contributed by atoms with Gasteiger partial charge in [-0.25, -0.2) is 8.42 Å². The van der Waals surface area contributed by atoms with Crippen LogP contribution >= 0.6 is 0 Å². The number of aliphatic imine (C=N–C) groups is 1. The van der Waals surface area contributed by atoms with Crippen molar-refractivity contribution < 1.29 is 17.9 Å². The van der Waals surface area contributed by atoms with E-state index in [2.05, 4.69) is 15.6 Å². The number of sulfone groups is 1. The molecule has 152 valence electrons. The third-order valence-electron chi connectivity index (χ3n) is 4.19. The minimum atomic E-state index is -3.18. The Bertz CT molecular complexity index is 910. The van der Waals surface area contributed by atoms with Gasteiger partial charge in [0, 0.05) is 26.4 Å². The Morgan fingerprint density at radius 1 is 0.964 bits per heavy atom. The van der Waals surface area contributed by atoms with E-state index in [4.69, 9.17) is 9.47 Å². The van der Waals surface area contributed by atoms with Crippen LogP contribution in [0.25, 0.3) is 0 Å². The van der Waals surface area contributed by atoms with E-state index in [1.807, 2.05) is 18.2 Å². The van der Waals surface area contributed by atoms with Crippen molar-refractivity contribution in [3.63, 3.8) is 0 Å². The summed E-state index contributed by atoms with van der Waals surface area (Å²) < 4.78 is 33.6. The molecule has 0 fully saturated rings. The Kier molecular flexibility index (Phi) is 7.69. The lowest BCUT2D eigenvalue weighted by molar-refractivity contribution is 0.354. The number of benzene rings is 2. The molecule has 0 radical (unpaired) electrons. The second-order valence-corrected chi connectivity index (χ2v) is 8.22. The van der Waals surface area contributed by atoms with Crippen LogP contribution in [-0.4, -0.2) is 48.4 Å². The third-order valence-corrected chi connectivity index (χ3v) is 5.32. The maximum Gasteiger partial charge on any atom is 0.191 e. The molecule has 0 saturated heterocycles. The van der Waals surface area contributed by atoms with Gasteiger partial charge in [-0.3, -0.25) is 4.99 Å². The van der Waals surface area contributed by atoms with Crippen molar-refractivity contribution in [1.29, 1.82) is 0 Å². The van der Waals surface area contributed by atoms with Crippen molar-refractivity contribution >= 4 is 15.8 Å². The zero-order valence-electron chi connectivity index (χ0n) is 16.7. The van der Waals surface area contributed by atoms with E-state index in [-0.39, 0.29) is 0 Å². The molecule has 8 heteroatoms. The summed E-state index contributed by atoms with van der Waals surface area (Å²) in [6, 6.07) is 12.7. The molecule has 0 aliphatic rings. The molecule has 2 aromatic rings. The molecular formula is C20H27N3O4S. The number of hydrogen-bond acceptors (Lipinski definition) is 5. The topological polar surface area (TPSA) is 89.0 Å². The summed E-state index contributed by atoms with van der Waals surface area (Å²) in [5.74, 6) is 2.09. The largest absolute Gasteiger partial charge is 0.493 e. The van der Waals surface area contributed by atoms with Gasteiger partial charge in [-0.15, -0.1) is 0 Å². The molecule has 0 amide bonds. The van der Waals surface area contributed by atoms with E-state index in [1.54, 1.807) is 45.5 Å². The highest BCUT2D eigenvalue weighted by Gasteiger charge is 2.07. The molecule has 0 bridgehead atoms. The average Bonchev–Trinajstić information content (AvgIpc) is 2.70. The summed E-state index contributed by atoms with van der Waals surface area (Å²) in [4.78, 5) is 4.52. The summed E-state index contributed by atoms with van der Waals surface area (Å²) in [5, 5.41) is 6.48. The fraction of sp³-hybridized carbons (Fsp3) is 0.350. The van der Waals surface area contributed by atoms with Gasteiger partial charge in [0.05, 0.1) is 19.1 Å². The van der Waals surface area contributed by atoms with Gasteiger partial charge in [0.25, 0.3) is 0 Å². The monoisotopic (exact) mass is 405 g/mol. The van der Waals surface area contributed by atoms with Crippen LogP contribution in [0.5, 0.6) is 11.5 Å². The number of hydrogen-bond donors (Lipinski definition) is 2. The van der Waals surface area contributed by atoms with Gasteiger partial charge < -0.3 is 20.1 Å². The summed E-state index contributed by atoms with van der Waals surface area (Å²) >= 11 is 0. The van der Waals surface area contributed by atoms with E-state index in [0.29, 0.717) is 35.4 Å². The molecule has 0 atom stereocenters. The molecule has 0 aliphatic heterocycles. The van der Waals surface area contributed by atoms with Gasteiger partial charge in [0.15, 0.2) is 27.3 Å². The first-order valence-corrected chi connectivity index (χ1v) is 10.7. The smallest absolute Gasteiger partial charge is 0.191 e. The molecule has 0 heterocycles. The first-order chi connectivity index (χ1) is 13.4. The second kappa shape index (κ2) is 9.98. The highest BCUT2D eigenvalue weighted by molar-refractivity contribution is 7.90. The van der Waals surface area contributed by atoms with Gasteiger partial charge in [-0.2, -0.15) is 0 Å². The molecule has 0 saturated carbocycles. The fourth-order valence-corrected chi connectivity index (χ4v) is 3.25. The molecule has 2 rings (SSSR count). The van der Waals surface area contributed by atoms with Gasteiger partial charge in [0.2, 0.25) is 0 Å². The summed E-state index contributed by atoms with van der Waals surface area (Å²) in [6.45, 7) is 1.24. The Morgan fingerprint density at radius 3 is 2.18 bits per heavy atom. The maximum atomic E-state index is 11.5. The summed E-state index contributed by atoms with van der Waals surface area (Å²) in [5.41, 5.74) is 2.09. The lowest BCUT2D eigenvalue weighted by Crippen LogP contribution is -2.37. The number of nitrogens with one attached hydrogen (secondary N) is 2. The average molecular weight is 406 g/mol. The lowest BCUT2D eigenvalue weighted by Gasteiger charge is -2.13. The maximum absolute atomic E-state index is 11.5. The standard InChI is InChI=1S/C20H27N3O4S/c1-21-20(23-14-16-5-8-17(9-6-16)28(4,24)25)22-12-11-15-7-10-18(26-2)19(13-15)27-3/h5-10,13H,11-12,14H2,1-4H3,(H2,21,22,23). The fourth-order valence-electron chi connectivity index (χ4n) is 2.62. The second-order valence-electron chi connectivity index (χ2n) is 6.21. The van der Waals surface area contributed by atoms with Gasteiger partial charge in [-0.1, -0.05) is 18.2 Å². The summed E-state index contributed by atoms with van der Waals surface area (Å²) in [6.07, 6.45) is 1.99. The first-order valence-electron chi connectivity index (χ1n) is 8.81. The number of ether oxygens (including phenoxy) is 2. The third kappa shape index (κ3) is 6.16. The minimum Gasteiger partial charge on any atom is -0.493 e. The highest BCUT2D eigenvalue weighted by atomic mass is 32.2. The van der Waals surface area contributed by atoms with E-state index < -0.39 is 9.84 Å². The Hall–Kier alpha value is -2.74. The Balaban J connectivity index is 1.85. The minimum absolute atomic E-state index is 0.314.